The normalized spacial score (nSPS) is 13.6. The summed E-state index contributed by atoms with van der Waals surface area (Å²) in [7, 11) is 1.57. The summed E-state index contributed by atoms with van der Waals surface area (Å²) in [5.41, 5.74) is 1.51. The number of carbonyl (C=O) groups is 2. The van der Waals surface area contributed by atoms with Gasteiger partial charge in [0.05, 0.1) is 19.3 Å². The van der Waals surface area contributed by atoms with Crippen molar-refractivity contribution in [1.29, 1.82) is 0 Å². The average Bonchev–Trinajstić information content (AvgIpc) is 3.22. The van der Waals surface area contributed by atoms with E-state index in [-0.39, 0.29) is 11.9 Å². The molecule has 0 aliphatic heterocycles. The minimum absolute atomic E-state index is 0.298. The smallest absolute Gasteiger partial charge is 0.341 e. The van der Waals surface area contributed by atoms with Gasteiger partial charge in [0.25, 0.3) is 5.91 Å². The number of nitrogens with one attached hydrogen (secondary N) is 1. The molecule has 1 heterocycles. The summed E-state index contributed by atoms with van der Waals surface area (Å²) in [5.74, 6) is 0.493. The van der Waals surface area contributed by atoms with E-state index in [9.17, 15) is 9.59 Å². The summed E-state index contributed by atoms with van der Waals surface area (Å²) >= 11 is 1.45. The zero-order chi connectivity index (χ0) is 19.4. The van der Waals surface area contributed by atoms with Crippen LogP contribution in [0.25, 0.3) is 0 Å². The summed E-state index contributed by atoms with van der Waals surface area (Å²) in [5, 5.41) is 3.40. The fourth-order valence-electron chi connectivity index (χ4n) is 3.06. The topological polar surface area (TPSA) is 73.9 Å². The van der Waals surface area contributed by atoms with E-state index in [4.69, 9.17) is 14.2 Å². The SMILES string of the molecule is CCOC(=O)c1c(NC(=O)C(C)Oc2cccc(OC)c2)sc2c1CCC2. The highest BCUT2D eigenvalue weighted by molar-refractivity contribution is 7.17. The van der Waals surface area contributed by atoms with Crippen molar-refractivity contribution in [2.45, 2.75) is 39.2 Å². The third kappa shape index (κ3) is 4.24. The van der Waals surface area contributed by atoms with Crippen LogP contribution in [0.4, 0.5) is 5.00 Å². The molecule has 0 bridgehead atoms. The molecule has 144 valence electrons. The maximum absolute atomic E-state index is 12.6. The quantitative estimate of drug-likeness (QED) is 0.729. The first-order valence-electron chi connectivity index (χ1n) is 8.96. The van der Waals surface area contributed by atoms with Gasteiger partial charge in [0, 0.05) is 10.9 Å². The number of amides is 1. The molecular weight excluding hydrogens is 366 g/mol. The van der Waals surface area contributed by atoms with Crippen LogP contribution in [-0.4, -0.2) is 31.7 Å². The van der Waals surface area contributed by atoms with Crippen molar-refractivity contribution in [3.05, 3.63) is 40.3 Å². The Morgan fingerprint density at radius 1 is 1.26 bits per heavy atom. The molecule has 0 fully saturated rings. The van der Waals surface area contributed by atoms with E-state index in [1.807, 2.05) is 0 Å². The van der Waals surface area contributed by atoms with Crippen LogP contribution in [0.2, 0.25) is 0 Å². The van der Waals surface area contributed by atoms with Crippen molar-refractivity contribution in [2.75, 3.05) is 19.0 Å². The molecule has 1 aromatic heterocycles. The van der Waals surface area contributed by atoms with Gasteiger partial charge in [-0.2, -0.15) is 0 Å². The van der Waals surface area contributed by atoms with Crippen LogP contribution >= 0.6 is 11.3 Å². The molecule has 3 rings (SSSR count). The molecule has 0 saturated heterocycles. The Morgan fingerprint density at radius 2 is 2.04 bits per heavy atom. The number of fused-ring (bicyclic) bond motifs is 1. The van der Waals surface area contributed by atoms with Crippen molar-refractivity contribution >= 4 is 28.2 Å². The van der Waals surface area contributed by atoms with E-state index in [0.717, 1.165) is 29.7 Å². The second kappa shape index (κ2) is 8.43. The Hall–Kier alpha value is -2.54. The molecule has 27 heavy (non-hydrogen) atoms. The molecule has 1 unspecified atom stereocenters. The lowest BCUT2D eigenvalue weighted by molar-refractivity contribution is -0.122. The molecule has 0 spiro atoms. The highest BCUT2D eigenvalue weighted by Crippen LogP contribution is 2.39. The van der Waals surface area contributed by atoms with Crippen LogP contribution in [-0.2, 0) is 22.4 Å². The molecule has 1 aliphatic carbocycles. The standard InChI is InChI=1S/C20H23NO5S/c1-4-25-20(23)17-15-9-6-10-16(15)27-19(17)21-18(22)12(2)26-14-8-5-7-13(11-14)24-3/h5,7-8,11-12H,4,6,9-10H2,1-3H3,(H,21,22). The van der Waals surface area contributed by atoms with E-state index >= 15 is 0 Å². The predicted octanol–water partition coefficient (Wildman–Crippen LogP) is 3.83. The molecule has 0 radical (unpaired) electrons. The van der Waals surface area contributed by atoms with Crippen molar-refractivity contribution in [1.82, 2.24) is 0 Å². The largest absolute Gasteiger partial charge is 0.497 e. The number of hydrogen-bond acceptors (Lipinski definition) is 6. The first-order chi connectivity index (χ1) is 13.0. The second-order valence-electron chi connectivity index (χ2n) is 6.21. The van der Waals surface area contributed by atoms with E-state index in [1.165, 1.54) is 11.3 Å². The number of thiophene rings is 1. The fraction of sp³-hybridized carbons (Fsp3) is 0.400. The van der Waals surface area contributed by atoms with E-state index in [2.05, 4.69) is 5.32 Å². The zero-order valence-corrected chi connectivity index (χ0v) is 16.5. The van der Waals surface area contributed by atoms with Gasteiger partial charge in [-0.25, -0.2) is 4.79 Å². The number of esters is 1. The van der Waals surface area contributed by atoms with Crippen LogP contribution in [0.15, 0.2) is 24.3 Å². The zero-order valence-electron chi connectivity index (χ0n) is 15.7. The van der Waals surface area contributed by atoms with E-state index in [1.54, 1.807) is 45.2 Å². The predicted molar refractivity (Wildman–Crippen MR) is 104 cm³/mol. The van der Waals surface area contributed by atoms with Gasteiger partial charge in [0.1, 0.15) is 16.5 Å². The van der Waals surface area contributed by atoms with Crippen LogP contribution in [0.1, 0.15) is 41.1 Å². The van der Waals surface area contributed by atoms with Crippen molar-refractivity contribution in [3.63, 3.8) is 0 Å². The maximum Gasteiger partial charge on any atom is 0.341 e. The number of ether oxygens (including phenoxy) is 3. The molecule has 7 heteroatoms. The first-order valence-corrected chi connectivity index (χ1v) is 9.78. The van der Waals surface area contributed by atoms with Gasteiger partial charge in [-0.3, -0.25) is 4.79 Å². The van der Waals surface area contributed by atoms with E-state index in [0.29, 0.717) is 28.7 Å². The minimum Gasteiger partial charge on any atom is -0.497 e. The van der Waals surface area contributed by atoms with Gasteiger partial charge in [-0.05, 0) is 50.8 Å². The van der Waals surface area contributed by atoms with Gasteiger partial charge in [0.15, 0.2) is 6.10 Å². The Balaban J connectivity index is 1.74. The number of benzene rings is 1. The van der Waals surface area contributed by atoms with Gasteiger partial charge in [0.2, 0.25) is 0 Å². The van der Waals surface area contributed by atoms with Gasteiger partial charge in [-0.15, -0.1) is 11.3 Å². The molecule has 6 nitrogen and oxygen atoms in total. The fourth-order valence-corrected chi connectivity index (χ4v) is 4.34. The molecule has 1 aliphatic rings. The lowest BCUT2D eigenvalue weighted by atomic mass is 10.1. The number of carbonyl (C=O) groups excluding carboxylic acids is 2. The Kier molecular flexibility index (Phi) is 6.01. The van der Waals surface area contributed by atoms with Crippen molar-refractivity contribution in [2.24, 2.45) is 0 Å². The highest BCUT2D eigenvalue weighted by Gasteiger charge is 2.29. The second-order valence-corrected chi connectivity index (χ2v) is 7.32. The van der Waals surface area contributed by atoms with Crippen LogP contribution in [0.5, 0.6) is 11.5 Å². The molecule has 0 saturated carbocycles. The summed E-state index contributed by atoms with van der Waals surface area (Å²) in [6.07, 6.45) is 2.06. The van der Waals surface area contributed by atoms with Crippen molar-refractivity contribution in [3.8, 4) is 11.5 Å². The Morgan fingerprint density at radius 3 is 2.78 bits per heavy atom. The summed E-state index contributed by atoms with van der Waals surface area (Å²) < 4.78 is 16.1. The van der Waals surface area contributed by atoms with Crippen LogP contribution < -0.4 is 14.8 Å². The van der Waals surface area contributed by atoms with Crippen molar-refractivity contribution < 1.29 is 23.8 Å². The number of hydrogen-bond donors (Lipinski definition) is 1. The minimum atomic E-state index is -0.732. The average molecular weight is 389 g/mol. The molecule has 1 atom stereocenters. The maximum atomic E-state index is 12.6. The Labute approximate surface area is 162 Å². The third-order valence-corrected chi connectivity index (χ3v) is 5.57. The van der Waals surface area contributed by atoms with Gasteiger partial charge in [-0.1, -0.05) is 6.07 Å². The molecule has 1 N–H and O–H groups in total. The third-order valence-electron chi connectivity index (χ3n) is 4.36. The lowest BCUT2D eigenvalue weighted by Gasteiger charge is -2.15. The number of anilines is 1. The summed E-state index contributed by atoms with van der Waals surface area (Å²) in [4.78, 5) is 26.2. The Bertz CT molecular complexity index is 845. The van der Waals surface area contributed by atoms with Crippen LogP contribution in [0, 0.1) is 0 Å². The first kappa shape index (κ1) is 19.2. The molecule has 2 aromatic rings. The summed E-state index contributed by atoms with van der Waals surface area (Å²) in [6, 6.07) is 7.07. The lowest BCUT2D eigenvalue weighted by Crippen LogP contribution is -2.30. The van der Waals surface area contributed by atoms with Gasteiger partial charge < -0.3 is 19.5 Å². The molecule has 1 aromatic carbocycles. The summed E-state index contributed by atoms with van der Waals surface area (Å²) in [6.45, 7) is 3.74. The number of aryl methyl sites for hydroxylation is 1. The van der Waals surface area contributed by atoms with E-state index < -0.39 is 6.10 Å². The monoisotopic (exact) mass is 389 g/mol. The molecular formula is C20H23NO5S. The highest BCUT2D eigenvalue weighted by atomic mass is 32.1. The number of rotatable bonds is 7. The van der Waals surface area contributed by atoms with Crippen LogP contribution in [0.3, 0.4) is 0 Å². The molecule has 1 amide bonds. The number of methoxy groups -OCH3 is 1. The van der Waals surface area contributed by atoms with Gasteiger partial charge >= 0.3 is 5.97 Å².